The second-order valence-corrected chi connectivity index (χ2v) is 9.56. The zero-order valence-corrected chi connectivity index (χ0v) is 19.7. The van der Waals surface area contributed by atoms with E-state index in [1.807, 2.05) is 18.5 Å². The molecule has 0 spiro atoms. The summed E-state index contributed by atoms with van der Waals surface area (Å²) in [6.45, 7) is 5.99. The van der Waals surface area contributed by atoms with Crippen LogP contribution in [0, 0.1) is 20.8 Å². The van der Waals surface area contributed by atoms with Crippen LogP contribution in [0.25, 0.3) is 10.2 Å². The first-order valence-electron chi connectivity index (χ1n) is 9.97. The molecule has 0 saturated heterocycles. The predicted octanol–water partition coefficient (Wildman–Crippen LogP) is 3.86. The molecule has 0 aromatic carbocycles. The van der Waals surface area contributed by atoms with Crippen LogP contribution in [-0.4, -0.2) is 25.3 Å². The minimum Gasteiger partial charge on any atom is -0.454 e. The van der Waals surface area contributed by atoms with Gasteiger partial charge in [-0.15, -0.1) is 11.3 Å². The summed E-state index contributed by atoms with van der Waals surface area (Å²) in [5, 5.41) is 5.08. The molecule has 4 aromatic heterocycles. The number of halogens is 1. The topological polar surface area (TPSA) is 95.0 Å². The Morgan fingerprint density at radius 3 is 2.84 bits per heavy atom. The molecular formula is C21H20BrN5O3S. The van der Waals surface area contributed by atoms with Gasteiger partial charge in [-0.2, -0.15) is 5.10 Å². The number of carbonyl (C=O) groups is 1. The summed E-state index contributed by atoms with van der Waals surface area (Å²) >= 11 is 5.09. The van der Waals surface area contributed by atoms with Crippen LogP contribution in [0.3, 0.4) is 0 Å². The van der Waals surface area contributed by atoms with Gasteiger partial charge in [-0.25, -0.2) is 9.66 Å². The van der Waals surface area contributed by atoms with E-state index < -0.39 is 5.91 Å². The monoisotopic (exact) mass is 501 g/mol. The second-order valence-electron chi connectivity index (χ2n) is 7.69. The van der Waals surface area contributed by atoms with Crippen LogP contribution in [0.4, 0.5) is 0 Å². The molecule has 31 heavy (non-hydrogen) atoms. The summed E-state index contributed by atoms with van der Waals surface area (Å²) < 4.78 is 9.71. The Bertz CT molecular complexity index is 1410. The van der Waals surface area contributed by atoms with Gasteiger partial charge in [-0.3, -0.25) is 19.7 Å². The number of amides is 1. The maximum atomic E-state index is 13.1. The van der Waals surface area contributed by atoms with Crippen molar-refractivity contribution in [3.8, 4) is 0 Å². The molecule has 0 bridgehead atoms. The summed E-state index contributed by atoms with van der Waals surface area (Å²) in [5.41, 5.74) is 5.36. The molecule has 160 valence electrons. The van der Waals surface area contributed by atoms with E-state index in [2.05, 4.69) is 31.4 Å². The molecule has 1 aliphatic rings. The van der Waals surface area contributed by atoms with Crippen molar-refractivity contribution in [1.82, 2.24) is 19.4 Å². The molecule has 1 aliphatic carbocycles. The number of nitrogens with zero attached hydrogens (tertiary/aromatic N) is 4. The van der Waals surface area contributed by atoms with Crippen molar-refractivity contribution in [2.45, 2.75) is 46.6 Å². The second kappa shape index (κ2) is 7.45. The highest BCUT2D eigenvalue weighted by Crippen LogP contribution is 2.34. The van der Waals surface area contributed by atoms with E-state index >= 15 is 0 Å². The van der Waals surface area contributed by atoms with Crippen molar-refractivity contribution >= 4 is 43.4 Å². The molecule has 4 aromatic rings. The van der Waals surface area contributed by atoms with Crippen LogP contribution < -0.4 is 11.0 Å². The van der Waals surface area contributed by atoms with E-state index in [4.69, 9.17) is 4.42 Å². The normalized spacial score (nSPS) is 13.2. The van der Waals surface area contributed by atoms with E-state index in [-0.39, 0.29) is 11.3 Å². The number of fused-ring (bicyclic) bond motifs is 3. The Balaban J connectivity index is 1.41. The lowest BCUT2D eigenvalue weighted by molar-refractivity contribution is 0.0978. The smallest absolute Gasteiger partial charge is 0.305 e. The average molecular weight is 502 g/mol. The van der Waals surface area contributed by atoms with Crippen molar-refractivity contribution < 1.29 is 9.21 Å². The fraction of sp³-hybridized carbons (Fsp3) is 0.333. The molecule has 0 aliphatic heterocycles. The lowest BCUT2D eigenvalue weighted by Gasteiger charge is -2.10. The molecule has 8 nitrogen and oxygen atoms in total. The molecule has 1 N–H and O–H groups in total. The highest BCUT2D eigenvalue weighted by molar-refractivity contribution is 9.10. The number of thiophene rings is 1. The van der Waals surface area contributed by atoms with Crippen LogP contribution in [0.2, 0.25) is 0 Å². The summed E-state index contributed by atoms with van der Waals surface area (Å²) in [5.74, 6) is 0.651. The van der Waals surface area contributed by atoms with E-state index in [0.29, 0.717) is 23.5 Å². The van der Waals surface area contributed by atoms with E-state index in [1.54, 1.807) is 30.4 Å². The minimum atomic E-state index is -0.501. The van der Waals surface area contributed by atoms with E-state index in [0.717, 1.165) is 45.5 Å². The first-order chi connectivity index (χ1) is 14.8. The summed E-state index contributed by atoms with van der Waals surface area (Å²) in [6, 6.07) is 3.34. The number of rotatable bonds is 4. The third-order valence-corrected chi connectivity index (χ3v) is 7.94. The number of aryl methyl sites for hydroxylation is 4. The van der Waals surface area contributed by atoms with Crippen LogP contribution >= 0.6 is 27.3 Å². The van der Waals surface area contributed by atoms with Gasteiger partial charge in [-0.05, 0) is 73.7 Å². The highest BCUT2D eigenvalue weighted by atomic mass is 79.9. The van der Waals surface area contributed by atoms with Gasteiger partial charge >= 0.3 is 5.91 Å². The molecule has 0 radical (unpaired) electrons. The molecule has 0 atom stereocenters. The van der Waals surface area contributed by atoms with Gasteiger partial charge in [0.2, 0.25) is 0 Å². The van der Waals surface area contributed by atoms with Crippen LogP contribution in [0.5, 0.6) is 0 Å². The molecule has 4 heterocycles. The Labute approximate surface area is 190 Å². The fourth-order valence-corrected chi connectivity index (χ4v) is 5.58. The maximum Gasteiger partial charge on any atom is 0.305 e. The fourth-order valence-electron chi connectivity index (χ4n) is 3.99. The first kappa shape index (κ1) is 20.2. The lowest BCUT2D eigenvalue weighted by Crippen LogP contribution is -2.35. The molecule has 0 saturated carbocycles. The number of carbonyl (C=O) groups excluding carboxylic acids is 1. The predicted molar refractivity (Wildman–Crippen MR) is 122 cm³/mol. The average Bonchev–Trinajstić information content (AvgIpc) is 3.48. The zero-order chi connectivity index (χ0) is 21.9. The number of aromatic nitrogens is 4. The summed E-state index contributed by atoms with van der Waals surface area (Å²) in [6.07, 6.45) is 2.92. The van der Waals surface area contributed by atoms with Gasteiger partial charge in [0, 0.05) is 4.88 Å². The maximum absolute atomic E-state index is 13.1. The van der Waals surface area contributed by atoms with Gasteiger partial charge in [-0.1, -0.05) is 0 Å². The SMILES string of the molecule is Cc1nn(Cc2ccc(C(=O)Nn3c(C)nc4sc5c(c4c3=O)CCC5)o2)c(C)c1Br. The zero-order valence-electron chi connectivity index (χ0n) is 17.3. The summed E-state index contributed by atoms with van der Waals surface area (Å²) in [7, 11) is 0. The highest BCUT2D eigenvalue weighted by Gasteiger charge is 2.23. The van der Waals surface area contributed by atoms with Crippen LogP contribution in [0.15, 0.2) is 25.8 Å². The largest absolute Gasteiger partial charge is 0.454 e. The van der Waals surface area contributed by atoms with Gasteiger partial charge in [0.05, 0.1) is 27.8 Å². The number of nitrogens with one attached hydrogen (secondary N) is 1. The van der Waals surface area contributed by atoms with Crippen molar-refractivity contribution in [3.05, 3.63) is 66.1 Å². The minimum absolute atomic E-state index is 0.123. The quantitative estimate of drug-likeness (QED) is 0.458. The van der Waals surface area contributed by atoms with E-state index in [9.17, 15) is 9.59 Å². The Hall–Kier alpha value is -2.72. The Morgan fingerprint density at radius 1 is 1.29 bits per heavy atom. The van der Waals surface area contributed by atoms with Gasteiger partial charge in [0.15, 0.2) is 5.76 Å². The molecular weight excluding hydrogens is 482 g/mol. The van der Waals surface area contributed by atoms with Gasteiger partial charge in [0.25, 0.3) is 5.56 Å². The van der Waals surface area contributed by atoms with E-state index in [1.165, 1.54) is 9.55 Å². The molecule has 5 rings (SSSR count). The number of hydrogen-bond acceptors (Lipinski definition) is 6. The molecule has 10 heteroatoms. The number of hydrogen-bond donors (Lipinski definition) is 1. The Morgan fingerprint density at radius 2 is 2.10 bits per heavy atom. The van der Waals surface area contributed by atoms with Gasteiger partial charge in [0.1, 0.15) is 16.4 Å². The van der Waals surface area contributed by atoms with Crippen molar-refractivity contribution in [1.29, 1.82) is 0 Å². The van der Waals surface area contributed by atoms with Crippen molar-refractivity contribution in [3.63, 3.8) is 0 Å². The van der Waals surface area contributed by atoms with Crippen molar-refractivity contribution in [2.75, 3.05) is 5.43 Å². The third kappa shape index (κ3) is 3.34. The molecule has 0 unspecified atom stereocenters. The molecule has 0 fully saturated rings. The lowest BCUT2D eigenvalue weighted by atomic mass is 10.2. The Kier molecular flexibility index (Phi) is 4.86. The third-order valence-electron chi connectivity index (χ3n) is 5.60. The first-order valence-corrected chi connectivity index (χ1v) is 11.6. The number of furan rings is 1. The summed E-state index contributed by atoms with van der Waals surface area (Å²) in [4.78, 5) is 32.4. The van der Waals surface area contributed by atoms with Crippen LogP contribution in [0.1, 0.15) is 50.4 Å². The van der Waals surface area contributed by atoms with Gasteiger partial charge < -0.3 is 4.42 Å². The van der Waals surface area contributed by atoms with Crippen LogP contribution in [-0.2, 0) is 19.4 Å². The standard InChI is InChI=1S/C21H20BrN5O3S/c1-10-18(22)11(2)26(24-10)9-13-7-8-15(30-13)19(28)25-27-12(3)23-20-17(21(27)29)14-5-4-6-16(14)31-20/h7-8H,4-6,9H2,1-3H3,(H,25,28). The van der Waals surface area contributed by atoms with Crippen molar-refractivity contribution in [2.24, 2.45) is 0 Å². The molecule has 1 amide bonds.